The molecule has 0 spiro atoms. The zero-order valence-corrected chi connectivity index (χ0v) is 15.0. The highest BCUT2D eigenvalue weighted by Gasteiger charge is 2.33. The molecule has 0 radical (unpaired) electrons. The molecule has 25 heavy (non-hydrogen) atoms. The second-order valence-corrected chi connectivity index (χ2v) is 7.57. The van der Waals surface area contributed by atoms with Crippen molar-refractivity contribution in [3.8, 4) is 0 Å². The van der Waals surface area contributed by atoms with E-state index in [0.717, 1.165) is 19.5 Å². The fourth-order valence-electron chi connectivity index (χ4n) is 4.15. The molecule has 1 aliphatic carbocycles. The number of likely N-dealkylation sites (tertiary alicyclic amines) is 1. The second-order valence-electron chi connectivity index (χ2n) is 7.57. The van der Waals surface area contributed by atoms with Crippen LogP contribution >= 0.6 is 0 Å². The number of hydrogen-bond donors (Lipinski definition) is 2. The minimum atomic E-state index is -0.833. The number of nitrogens with one attached hydrogen (secondary N) is 1. The minimum absolute atomic E-state index is 0.00444. The van der Waals surface area contributed by atoms with E-state index < -0.39 is 12.1 Å². The first-order valence-electron chi connectivity index (χ1n) is 9.52. The molecule has 138 valence electrons. The van der Waals surface area contributed by atoms with Gasteiger partial charge in [-0.1, -0.05) is 31.4 Å². The van der Waals surface area contributed by atoms with Gasteiger partial charge in [0, 0.05) is 12.6 Å². The van der Waals surface area contributed by atoms with Crippen LogP contribution in [0.2, 0.25) is 0 Å². The summed E-state index contributed by atoms with van der Waals surface area (Å²) in [4.78, 5) is 15.0. The Hall–Kier alpha value is -1.46. The molecule has 0 aromatic heterocycles. The summed E-state index contributed by atoms with van der Waals surface area (Å²) in [5.41, 5.74) is 0.615. The van der Waals surface area contributed by atoms with E-state index in [-0.39, 0.29) is 17.6 Å². The third kappa shape index (κ3) is 4.59. The zero-order valence-electron chi connectivity index (χ0n) is 15.0. The van der Waals surface area contributed by atoms with E-state index in [1.165, 1.54) is 44.2 Å². The average molecular weight is 348 g/mol. The summed E-state index contributed by atoms with van der Waals surface area (Å²) < 4.78 is 13.0. The summed E-state index contributed by atoms with van der Waals surface area (Å²) in [7, 11) is 0. The Morgan fingerprint density at radius 1 is 1.20 bits per heavy atom. The SMILES string of the molecule is CC(NC(=O)C1CCN(C2CCCCC2)C1)C(O)c1ccc(F)cc1. The Bertz CT molecular complexity index is 572. The smallest absolute Gasteiger partial charge is 0.224 e. The number of carbonyl (C=O) groups is 1. The summed E-state index contributed by atoms with van der Waals surface area (Å²) in [6, 6.07) is 6.01. The van der Waals surface area contributed by atoms with Crippen LogP contribution in [0.1, 0.15) is 57.1 Å². The number of nitrogens with zero attached hydrogens (tertiary/aromatic N) is 1. The molecule has 1 aromatic carbocycles. The first-order valence-corrected chi connectivity index (χ1v) is 9.52. The summed E-state index contributed by atoms with van der Waals surface area (Å²) in [5.74, 6) is -0.307. The Balaban J connectivity index is 1.50. The molecular formula is C20H29FN2O2. The molecule has 0 bridgehead atoms. The summed E-state index contributed by atoms with van der Waals surface area (Å²) >= 11 is 0. The number of rotatable bonds is 5. The van der Waals surface area contributed by atoms with Gasteiger partial charge in [0.15, 0.2) is 0 Å². The van der Waals surface area contributed by atoms with E-state index in [1.807, 2.05) is 0 Å². The van der Waals surface area contributed by atoms with Crippen LogP contribution in [0.5, 0.6) is 0 Å². The number of aliphatic hydroxyl groups excluding tert-OH is 1. The Labute approximate surface area is 149 Å². The number of benzene rings is 1. The van der Waals surface area contributed by atoms with E-state index in [0.29, 0.717) is 11.6 Å². The van der Waals surface area contributed by atoms with Gasteiger partial charge in [-0.2, -0.15) is 0 Å². The van der Waals surface area contributed by atoms with Crippen molar-refractivity contribution in [2.45, 2.75) is 63.6 Å². The van der Waals surface area contributed by atoms with Crippen molar-refractivity contribution in [3.63, 3.8) is 0 Å². The van der Waals surface area contributed by atoms with Crippen LogP contribution in [0, 0.1) is 11.7 Å². The lowest BCUT2D eigenvalue weighted by Crippen LogP contribution is -2.42. The fourth-order valence-corrected chi connectivity index (χ4v) is 4.15. The Morgan fingerprint density at radius 3 is 2.56 bits per heavy atom. The first-order chi connectivity index (χ1) is 12.0. The number of carbonyl (C=O) groups excluding carboxylic acids is 1. The number of hydrogen-bond acceptors (Lipinski definition) is 3. The highest BCUT2D eigenvalue weighted by Crippen LogP contribution is 2.28. The maximum absolute atomic E-state index is 13.0. The van der Waals surface area contributed by atoms with Gasteiger partial charge in [-0.25, -0.2) is 4.39 Å². The van der Waals surface area contributed by atoms with Crippen molar-refractivity contribution in [1.82, 2.24) is 10.2 Å². The maximum atomic E-state index is 13.0. The molecule has 1 heterocycles. The quantitative estimate of drug-likeness (QED) is 0.860. The summed E-state index contributed by atoms with van der Waals surface area (Å²) in [5, 5.41) is 13.3. The van der Waals surface area contributed by atoms with Crippen molar-refractivity contribution in [1.29, 1.82) is 0 Å². The average Bonchev–Trinajstić information content (AvgIpc) is 3.13. The fraction of sp³-hybridized carbons (Fsp3) is 0.650. The third-order valence-corrected chi connectivity index (χ3v) is 5.74. The topological polar surface area (TPSA) is 52.6 Å². The van der Waals surface area contributed by atoms with Crippen LogP contribution in [-0.2, 0) is 4.79 Å². The third-order valence-electron chi connectivity index (χ3n) is 5.74. The van der Waals surface area contributed by atoms with Crippen LogP contribution < -0.4 is 5.32 Å². The van der Waals surface area contributed by atoms with E-state index in [4.69, 9.17) is 0 Å². The van der Waals surface area contributed by atoms with Crippen LogP contribution in [0.3, 0.4) is 0 Å². The molecule has 1 aromatic rings. The predicted molar refractivity (Wildman–Crippen MR) is 95.5 cm³/mol. The molecule has 1 amide bonds. The van der Waals surface area contributed by atoms with E-state index in [1.54, 1.807) is 19.1 Å². The lowest BCUT2D eigenvalue weighted by molar-refractivity contribution is -0.126. The standard InChI is InChI=1S/C20H29FN2O2/c1-14(19(24)15-7-9-17(21)10-8-15)22-20(25)16-11-12-23(13-16)18-5-3-2-4-6-18/h7-10,14,16,18-19,24H,2-6,11-13H2,1H3,(H,22,25). The largest absolute Gasteiger partial charge is 0.386 e. The molecule has 4 nitrogen and oxygen atoms in total. The van der Waals surface area contributed by atoms with Gasteiger partial charge in [0.1, 0.15) is 5.82 Å². The van der Waals surface area contributed by atoms with Crippen LogP contribution in [-0.4, -0.2) is 41.1 Å². The highest BCUT2D eigenvalue weighted by molar-refractivity contribution is 5.79. The first kappa shape index (κ1) is 18.3. The van der Waals surface area contributed by atoms with Gasteiger partial charge >= 0.3 is 0 Å². The van der Waals surface area contributed by atoms with Crippen molar-refractivity contribution in [3.05, 3.63) is 35.6 Å². The van der Waals surface area contributed by atoms with Gasteiger partial charge in [-0.05, 0) is 50.4 Å². The summed E-state index contributed by atoms with van der Waals surface area (Å²) in [6.45, 7) is 3.62. The van der Waals surface area contributed by atoms with Crippen molar-refractivity contribution >= 4 is 5.91 Å². The van der Waals surface area contributed by atoms with E-state index in [2.05, 4.69) is 10.2 Å². The molecule has 3 unspecified atom stereocenters. The molecule has 2 N–H and O–H groups in total. The second kappa shape index (κ2) is 8.28. The molecule has 1 aliphatic heterocycles. The van der Waals surface area contributed by atoms with E-state index in [9.17, 15) is 14.3 Å². The molecular weight excluding hydrogens is 319 g/mol. The molecule has 5 heteroatoms. The van der Waals surface area contributed by atoms with Crippen LogP contribution in [0.15, 0.2) is 24.3 Å². The lowest BCUT2D eigenvalue weighted by Gasteiger charge is -2.31. The highest BCUT2D eigenvalue weighted by atomic mass is 19.1. The predicted octanol–water partition coefficient (Wildman–Crippen LogP) is 3.02. The molecule has 3 rings (SSSR count). The minimum Gasteiger partial charge on any atom is -0.386 e. The molecule has 1 saturated heterocycles. The normalized spacial score (nSPS) is 24.8. The zero-order chi connectivity index (χ0) is 17.8. The number of amides is 1. The van der Waals surface area contributed by atoms with Crippen molar-refractivity contribution in [2.75, 3.05) is 13.1 Å². The number of aliphatic hydroxyl groups is 1. The van der Waals surface area contributed by atoms with Gasteiger partial charge in [-0.15, -0.1) is 0 Å². The van der Waals surface area contributed by atoms with Crippen molar-refractivity contribution in [2.24, 2.45) is 5.92 Å². The van der Waals surface area contributed by atoms with Gasteiger partial charge in [0.25, 0.3) is 0 Å². The Kier molecular flexibility index (Phi) is 6.07. The lowest BCUT2D eigenvalue weighted by atomic mass is 9.94. The Morgan fingerprint density at radius 2 is 1.88 bits per heavy atom. The van der Waals surface area contributed by atoms with Gasteiger partial charge in [-0.3, -0.25) is 9.69 Å². The van der Waals surface area contributed by atoms with Gasteiger partial charge in [0.2, 0.25) is 5.91 Å². The summed E-state index contributed by atoms with van der Waals surface area (Å²) in [6.07, 6.45) is 6.52. The molecule has 3 atom stereocenters. The van der Waals surface area contributed by atoms with Crippen LogP contribution in [0.25, 0.3) is 0 Å². The number of halogens is 1. The van der Waals surface area contributed by atoms with Crippen LogP contribution in [0.4, 0.5) is 4.39 Å². The monoisotopic (exact) mass is 348 g/mol. The molecule has 2 fully saturated rings. The maximum Gasteiger partial charge on any atom is 0.224 e. The molecule has 1 saturated carbocycles. The van der Waals surface area contributed by atoms with Gasteiger partial charge in [0.05, 0.1) is 18.1 Å². The van der Waals surface area contributed by atoms with E-state index >= 15 is 0 Å². The van der Waals surface area contributed by atoms with Crippen molar-refractivity contribution < 1.29 is 14.3 Å². The molecule has 2 aliphatic rings. The van der Waals surface area contributed by atoms with Gasteiger partial charge < -0.3 is 10.4 Å².